The zero-order valence-corrected chi connectivity index (χ0v) is 18.3. The first kappa shape index (κ1) is 22.3. The molecule has 1 saturated heterocycles. The van der Waals surface area contributed by atoms with Crippen molar-refractivity contribution in [2.45, 2.75) is 13.2 Å². The molecule has 0 bridgehead atoms. The van der Waals surface area contributed by atoms with Gasteiger partial charge in [-0.2, -0.15) is 0 Å². The minimum absolute atomic E-state index is 0.0118. The Balaban J connectivity index is 1.45. The number of thioether (sulfide) groups is 1. The number of imide groups is 1. The van der Waals surface area contributed by atoms with Gasteiger partial charge < -0.3 is 13.9 Å². The molecule has 0 radical (unpaired) electrons. The molecule has 0 unspecified atom stereocenters. The van der Waals surface area contributed by atoms with Crippen LogP contribution >= 0.6 is 11.8 Å². The third-order valence-electron chi connectivity index (χ3n) is 4.74. The quantitative estimate of drug-likeness (QED) is 0.356. The zero-order valence-electron chi connectivity index (χ0n) is 17.4. The number of ether oxygens (including phenoxy) is 2. The van der Waals surface area contributed by atoms with E-state index < -0.39 is 17.1 Å². The van der Waals surface area contributed by atoms with Crippen molar-refractivity contribution in [1.29, 1.82) is 0 Å². The van der Waals surface area contributed by atoms with Crippen molar-refractivity contribution >= 4 is 35.0 Å². The third-order valence-corrected chi connectivity index (χ3v) is 5.65. The number of benzene rings is 2. The number of rotatable bonds is 7. The fraction of sp³-hybridized carbons (Fsp3) is 0.125. The monoisotopic (exact) mass is 467 g/mol. The van der Waals surface area contributed by atoms with Crippen molar-refractivity contribution in [2.75, 3.05) is 7.11 Å². The van der Waals surface area contributed by atoms with E-state index in [0.29, 0.717) is 16.9 Å². The number of carbonyl (C=O) groups is 3. The smallest absolute Gasteiger partial charge is 0.373 e. The number of esters is 1. The minimum Gasteiger partial charge on any atom is -0.489 e. The summed E-state index contributed by atoms with van der Waals surface area (Å²) < 4.78 is 29.4. The molecule has 33 heavy (non-hydrogen) atoms. The molecule has 9 heteroatoms. The van der Waals surface area contributed by atoms with Crippen molar-refractivity contribution < 1.29 is 32.7 Å². The van der Waals surface area contributed by atoms with E-state index in [9.17, 15) is 18.8 Å². The van der Waals surface area contributed by atoms with Crippen LogP contribution in [0.2, 0.25) is 0 Å². The van der Waals surface area contributed by atoms with Gasteiger partial charge in [0.05, 0.1) is 18.6 Å². The zero-order chi connectivity index (χ0) is 23.4. The van der Waals surface area contributed by atoms with Crippen LogP contribution < -0.4 is 4.74 Å². The van der Waals surface area contributed by atoms with E-state index in [-0.39, 0.29) is 35.4 Å². The van der Waals surface area contributed by atoms with Crippen molar-refractivity contribution in [1.82, 2.24) is 4.90 Å². The Hall–Kier alpha value is -3.85. The summed E-state index contributed by atoms with van der Waals surface area (Å²) in [5.74, 6) is -0.703. The summed E-state index contributed by atoms with van der Waals surface area (Å²) >= 11 is 0.806. The average Bonchev–Trinajstić information content (AvgIpc) is 3.39. The number of furan rings is 1. The molecule has 7 nitrogen and oxygen atoms in total. The summed E-state index contributed by atoms with van der Waals surface area (Å²) in [5.41, 5.74) is 1.08. The summed E-state index contributed by atoms with van der Waals surface area (Å²) in [6.45, 7) is -0.0475. The van der Waals surface area contributed by atoms with Crippen LogP contribution in [0.4, 0.5) is 9.18 Å². The molecule has 2 amide bonds. The highest BCUT2D eigenvalue weighted by Gasteiger charge is 2.35. The molecule has 0 spiro atoms. The molecule has 0 N–H and O–H groups in total. The van der Waals surface area contributed by atoms with Crippen molar-refractivity contribution in [3.63, 3.8) is 0 Å². The second-order valence-corrected chi connectivity index (χ2v) is 7.97. The molecule has 0 aliphatic carbocycles. The molecule has 0 atom stereocenters. The van der Waals surface area contributed by atoms with E-state index in [0.717, 1.165) is 16.7 Å². The van der Waals surface area contributed by atoms with Crippen LogP contribution in [-0.4, -0.2) is 29.1 Å². The highest BCUT2D eigenvalue weighted by molar-refractivity contribution is 8.18. The summed E-state index contributed by atoms with van der Waals surface area (Å²) in [7, 11) is 1.23. The molecular formula is C24H18FNO6S. The highest BCUT2D eigenvalue weighted by Crippen LogP contribution is 2.34. The highest BCUT2D eigenvalue weighted by atomic mass is 32.2. The Morgan fingerprint density at radius 1 is 1.12 bits per heavy atom. The molecule has 4 rings (SSSR count). The normalized spacial score (nSPS) is 14.7. The second kappa shape index (κ2) is 9.74. The number of halogens is 1. The maximum Gasteiger partial charge on any atom is 0.373 e. The van der Waals surface area contributed by atoms with Crippen LogP contribution in [0.3, 0.4) is 0 Å². The van der Waals surface area contributed by atoms with Crippen molar-refractivity contribution in [2.24, 2.45) is 0 Å². The first-order valence-corrected chi connectivity index (χ1v) is 10.6. The Morgan fingerprint density at radius 3 is 2.73 bits per heavy atom. The first-order valence-electron chi connectivity index (χ1n) is 9.83. The Bertz CT molecular complexity index is 1250. The lowest BCUT2D eigenvalue weighted by molar-refractivity contribution is -0.123. The fourth-order valence-electron chi connectivity index (χ4n) is 3.09. The standard InChI is InChI=1S/C24H18FNO6S/c1-30-23(28)20-10-9-18(32-20)13-26-22(27)21(33-24(26)29)12-15-5-4-7-17(11-15)31-14-16-6-2-3-8-19(16)25/h2-12H,13-14H2,1H3. The largest absolute Gasteiger partial charge is 0.489 e. The summed E-state index contributed by atoms with van der Waals surface area (Å²) in [6.07, 6.45) is 1.59. The van der Waals surface area contributed by atoms with Crippen LogP contribution in [0, 0.1) is 5.82 Å². The lowest BCUT2D eigenvalue weighted by Gasteiger charge is -2.10. The predicted octanol–water partition coefficient (Wildman–Crippen LogP) is 5.02. The number of carbonyl (C=O) groups excluding carboxylic acids is 3. The van der Waals surface area contributed by atoms with Gasteiger partial charge in [0, 0.05) is 5.56 Å². The molecule has 168 valence electrons. The molecule has 2 heterocycles. The van der Waals surface area contributed by atoms with Crippen molar-refractivity contribution in [3.05, 3.63) is 94.0 Å². The van der Waals surface area contributed by atoms with Crippen molar-refractivity contribution in [3.8, 4) is 5.75 Å². The van der Waals surface area contributed by atoms with E-state index in [2.05, 4.69) is 4.74 Å². The molecule has 1 aliphatic rings. The van der Waals surface area contributed by atoms with Gasteiger partial charge in [-0.05, 0) is 53.7 Å². The fourth-order valence-corrected chi connectivity index (χ4v) is 3.93. The van der Waals surface area contributed by atoms with Gasteiger partial charge in [0.15, 0.2) is 0 Å². The van der Waals surface area contributed by atoms with E-state index in [1.165, 1.54) is 25.3 Å². The van der Waals surface area contributed by atoms with Gasteiger partial charge in [-0.1, -0.05) is 30.3 Å². The third kappa shape index (κ3) is 5.15. The predicted molar refractivity (Wildman–Crippen MR) is 119 cm³/mol. The first-order chi connectivity index (χ1) is 15.9. The number of nitrogens with zero attached hydrogens (tertiary/aromatic N) is 1. The van der Waals surface area contributed by atoms with E-state index in [4.69, 9.17) is 9.15 Å². The summed E-state index contributed by atoms with van der Waals surface area (Å²) in [6, 6.07) is 16.2. The number of hydrogen-bond donors (Lipinski definition) is 0. The summed E-state index contributed by atoms with van der Waals surface area (Å²) in [5, 5.41) is -0.450. The van der Waals surface area contributed by atoms with Crippen LogP contribution in [0.25, 0.3) is 6.08 Å². The van der Waals surface area contributed by atoms with E-state index in [1.807, 2.05) is 0 Å². The number of methoxy groups -OCH3 is 1. The van der Waals surface area contributed by atoms with Gasteiger partial charge in [-0.3, -0.25) is 14.5 Å². The Labute approximate surface area is 192 Å². The number of amides is 2. The maximum atomic E-state index is 13.8. The molecule has 1 aliphatic heterocycles. The molecule has 2 aromatic carbocycles. The lowest BCUT2D eigenvalue weighted by atomic mass is 10.2. The Kier molecular flexibility index (Phi) is 6.60. The second-order valence-electron chi connectivity index (χ2n) is 6.98. The summed E-state index contributed by atoms with van der Waals surface area (Å²) in [4.78, 5) is 37.9. The number of hydrogen-bond acceptors (Lipinski definition) is 7. The molecule has 3 aromatic rings. The molecule has 1 aromatic heterocycles. The van der Waals surface area contributed by atoms with Gasteiger partial charge in [-0.15, -0.1) is 0 Å². The van der Waals surface area contributed by atoms with Gasteiger partial charge in [0.1, 0.15) is 23.9 Å². The Morgan fingerprint density at radius 2 is 1.94 bits per heavy atom. The minimum atomic E-state index is -0.646. The SMILES string of the molecule is COC(=O)c1ccc(CN2C(=O)SC(=Cc3cccc(OCc4ccccc4F)c3)C2=O)o1. The van der Waals surface area contributed by atoms with Gasteiger partial charge in [-0.25, -0.2) is 9.18 Å². The lowest BCUT2D eigenvalue weighted by Crippen LogP contribution is -2.27. The average molecular weight is 467 g/mol. The topological polar surface area (TPSA) is 86.0 Å². The van der Waals surface area contributed by atoms with Gasteiger partial charge >= 0.3 is 5.97 Å². The van der Waals surface area contributed by atoms with Crippen LogP contribution in [0.5, 0.6) is 5.75 Å². The van der Waals surface area contributed by atoms with Gasteiger partial charge in [0.2, 0.25) is 5.76 Å². The van der Waals surface area contributed by atoms with Crippen LogP contribution in [0.1, 0.15) is 27.4 Å². The molecular weight excluding hydrogens is 449 g/mol. The van der Waals surface area contributed by atoms with E-state index in [1.54, 1.807) is 48.5 Å². The molecule has 1 fully saturated rings. The van der Waals surface area contributed by atoms with Gasteiger partial charge in [0.25, 0.3) is 11.1 Å². The van der Waals surface area contributed by atoms with E-state index >= 15 is 0 Å². The maximum absolute atomic E-state index is 13.8. The van der Waals surface area contributed by atoms with Crippen LogP contribution in [0.15, 0.2) is 70.0 Å². The van der Waals surface area contributed by atoms with Crippen LogP contribution in [-0.2, 0) is 22.7 Å². The molecule has 0 saturated carbocycles.